The molecule has 220 valence electrons. The maximum absolute atomic E-state index is 15.4. The molecule has 0 unspecified atom stereocenters. The molecular formula is C30H37F3N6O2. The Hall–Kier alpha value is -3.96. The second-order valence-corrected chi connectivity index (χ2v) is 10.8. The Kier molecular flexibility index (Phi) is 10.1. The SMILES string of the molecule is C=C(OC(C)(C)C)c1cc(F)c(C)c(-c2nc(NCCN(C)C)nc(N(C=O)c3c(F)cccc3F)c2CNC)c1. The number of carbonyl (C=O) groups excluding carboxylic acids is 1. The Morgan fingerprint density at radius 2 is 1.76 bits per heavy atom. The van der Waals surface area contributed by atoms with Gasteiger partial charge in [-0.25, -0.2) is 18.2 Å². The molecule has 41 heavy (non-hydrogen) atoms. The molecule has 11 heteroatoms. The van der Waals surface area contributed by atoms with Gasteiger partial charge in [-0.3, -0.25) is 9.69 Å². The van der Waals surface area contributed by atoms with Crippen LogP contribution in [0.5, 0.6) is 0 Å². The predicted molar refractivity (Wildman–Crippen MR) is 156 cm³/mol. The summed E-state index contributed by atoms with van der Waals surface area (Å²) in [4.78, 5) is 24.4. The van der Waals surface area contributed by atoms with Crippen molar-refractivity contribution in [3.63, 3.8) is 0 Å². The van der Waals surface area contributed by atoms with Crippen molar-refractivity contribution >= 4 is 29.6 Å². The fourth-order valence-electron chi connectivity index (χ4n) is 4.15. The summed E-state index contributed by atoms with van der Waals surface area (Å²) in [6, 6.07) is 6.32. The molecule has 0 bridgehead atoms. The number of benzene rings is 2. The maximum Gasteiger partial charge on any atom is 0.225 e. The molecule has 2 aromatic carbocycles. The molecule has 8 nitrogen and oxygen atoms in total. The Morgan fingerprint density at radius 3 is 2.32 bits per heavy atom. The number of ether oxygens (including phenoxy) is 1. The number of anilines is 3. The molecule has 1 heterocycles. The molecule has 1 amide bonds. The van der Waals surface area contributed by atoms with E-state index in [1.165, 1.54) is 12.1 Å². The zero-order valence-electron chi connectivity index (χ0n) is 24.5. The van der Waals surface area contributed by atoms with E-state index >= 15 is 4.39 Å². The third kappa shape index (κ3) is 7.62. The van der Waals surface area contributed by atoms with Gasteiger partial charge in [-0.15, -0.1) is 0 Å². The van der Waals surface area contributed by atoms with Crippen LogP contribution in [0.1, 0.15) is 37.5 Å². The topological polar surface area (TPSA) is 82.6 Å². The summed E-state index contributed by atoms with van der Waals surface area (Å²) >= 11 is 0. The van der Waals surface area contributed by atoms with E-state index in [1.54, 1.807) is 20.0 Å². The monoisotopic (exact) mass is 570 g/mol. The number of nitrogens with zero attached hydrogens (tertiary/aromatic N) is 4. The van der Waals surface area contributed by atoms with Gasteiger partial charge in [-0.2, -0.15) is 4.98 Å². The van der Waals surface area contributed by atoms with E-state index in [4.69, 9.17) is 9.72 Å². The van der Waals surface area contributed by atoms with E-state index in [9.17, 15) is 13.6 Å². The Morgan fingerprint density at radius 1 is 1.10 bits per heavy atom. The normalized spacial score (nSPS) is 11.5. The number of nitrogens with one attached hydrogen (secondary N) is 2. The molecule has 0 saturated heterocycles. The van der Waals surface area contributed by atoms with Gasteiger partial charge in [0.15, 0.2) is 5.82 Å². The van der Waals surface area contributed by atoms with Crippen LogP contribution < -0.4 is 15.5 Å². The lowest BCUT2D eigenvalue weighted by atomic mass is 9.97. The zero-order valence-corrected chi connectivity index (χ0v) is 24.5. The van der Waals surface area contributed by atoms with Gasteiger partial charge >= 0.3 is 0 Å². The van der Waals surface area contributed by atoms with Crippen LogP contribution in [0.25, 0.3) is 17.0 Å². The van der Waals surface area contributed by atoms with Gasteiger partial charge in [0.2, 0.25) is 12.4 Å². The number of aromatic nitrogens is 2. The van der Waals surface area contributed by atoms with Gasteiger partial charge in [0.1, 0.15) is 34.5 Å². The van der Waals surface area contributed by atoms with Crippen LogP contribution >= 0.6 is 0 Å². The van der Waals surface area contributed by atoms with Crippen molar-refractivity contribution in [3.8, 4) is 11.3 Å². The average molecular weight is 571 g/mol. The van der Waals surface area contributed by atoms with E-state index in [0.717, 1.165) is 17.0 Å². The molecule has 0 fully saturated rings. The second kappa shape index (κ2) is 13.1. The summed E-state index contributed by atoms with van der Waals surface area (Å²) in [7, 11) is 5.46. The molecule has 2 N–H and O–H groups in total. The number of likely N-dealkylation sites (N-methyl/N-ethyl adjacent to an activating group) is 1. The molecule has 0 spiro atoms. The van der Waals surface area contributed by atoms with E-state index in [1.807, 2.05) is 39.8 Å². The van der Waals surface area contributed by atoms with E-state index in [0.29, 0.717) is 36.2 Å². The standard InChI is InChI=1S/C30H37F3N6O2/c1-18-21(14-20(15-25(18)33)19(2)41-30(3,4)5)26-22(16-34-6)28(37-29(36-26)35-12-13-38(7)8)39(17-40)27-23(31)10-9-11-24(27)32/h9-11,14-15,17,34H,2,12-13,16H2,1,3-8H3,(H,35,36,37). The van der Waals surface area contributed by atoms with Gasteiger partial charge in [0.05, 0.1) is 5.69 Å². The van der Waals surface area contributed by atoms with Crippen LogP contribution in [0.3, 0.4) is 0 Å². The lowest BCUT2D eigenvalue weighted by molar-refractivity contribution is -0.106. The van der Waals surface area contributed by atoms with Crippen molar-refractivity contribution < 1.29 is 22.7 Å². The van der Waals surface area contributed by atoms with Gasteiger partial charge in [-0.1, -0.05) is 12.6 Å². The first-order chi connectivity index (χ1) is 19.3. The molecule has 3 rings (SSSR count). The highest BCUT2D eigenvalue weighted by molar-refractivity contribution is 5.89. The molecule has 0 aliphatic rings. The minimum absolute atomic E-state index is 0.0642. The first-order valence-corrected chi connectivity index (χ1v) is 13.1. The largest absolute Gasteiger partial charge is 0.488 e. The fraction of sp³-hybridized carbons (Fsp3) is 0.367. The number of rotatable bonds is 12. The van der Waals surface area contributed by atoms with Crippen LogP contribution in [-0.2, 0) is 16.1 Å². The predicted octanol–water partition coefficient (Wildman–Crippen LogP) is 5.64. The van der Waals surface area contributed by atoms with Gasteiger partial charge in [0.25, 0.3) is 0 Å². The Labute approximate surface area is 239 Å². The number of amides is 1. The van der Waals surface area contributed by atoms with Crippen LogP contribution in [0.2, 0.25) is 0 Å². The van der Waals surface area contributed by atoms with Crippen LogP contribution in [0.4, 0.5) is 30.6 Å². The van der Waals surface area contributed by atoms with Crippen LogP contribution in [0, 0.1) is 24.4 Å². The number of hydrogen-bond acceptors (Lipinski definition) is 7. The number of para-hydroxylation sites is 1. The van der Waals surface area contributed by atoms with Gasteiger partial charge < -0.3 is 20.3 Å². The first kappa shape index (κ1) is 31.6. The summed E-state index contributed by atoms with van der Waals surface area (Å²) < 4.78 is 51.1. The van der Waals surface area contributed by atoms with Crippen LogP contribution in [-0.4, -0.2) is 61.1 Å². The molecule has 0 radical (unpaired) electrons. The van der Waals surface area contributed by atoms with Crippen molar-refractivity contribution in [2.24, 2.45) is 0 Å². The van der Waals surface area contributed by atoms with Crippen LogP contribution in [0.15, 0.2) is 36.9 Å². The maximum atomic E-state index is 15.4. The first-order valence-electron chi connectivity index (χ1n) is 13.1. The molecule has 1 aromatic heterocycles. The number of carbonyl (C=O) groups is 1. The van der Waals surface area contributed by atoms with E-state index in [2.05, 4.69) is 22.2 Å². The lowest BCUT2D eigenvalue weighted by Crippen LogP contribution is -2.25. The number of halogens is 3. The minimum atomic E-state index is -0.949. The van der Waals surface area contributed by atoms with E-state index < -0.39 is 28.7 Å². The third-order valence-corrected chi connectivity index (χ3v) is 6.04. The summed E-state index contributed by atoms with van der Waals surface area (Å²) in [6.45, 7) is 12.3. The Balaban J connectivity index is 2.35. The summed E-state index contributed by atoms with van der Waals surface area (Å²) in [6.07, 6.45) is 0.291. The summed E-state index contributed by atoms with van der Waals surface area (Å²) in [5, 5.41) is 6.11. The summed E-state index contributed by atoms with van der Waals surface area (Å²) in [5.41, 5.74) is 0.465. The third-order valence-electron chi connectivity index (χ3n) is 6.04. The zero-order chi connectivity index (χ0) is 30.5. The van der Waals surface area contributed by atoms with Crippen molar-refractivity contribution in [1.29, 1.82) is 0 Å². The average Bonchev–Trinajstić information content (AvgIpc) is 2.87. The molecule has 0 aliphatic heterocycles. The van der Waals surface area contributed by atoms with Crippen molar-refractivity contribution in [2.45, 2.75) is 39.8 Å². The number of hydrogen-bond donors (Lipinski definition) is 2. The highest BCUT2D eigenvalue weighted by Crippen LogP contribution is 2.38. The van der Waals surface area contributed by atoms with E-state index in [-0.39, 0.29) is 35.3 Å². The molecule has 3 aromatic rings. The summed E-state index contributed by atoms with van der Waals surface area (Å²) in [5.74, 6) is -2.14. The quantitative estimate of drug-likeness (QED) is 0.215. The molecule has 0 saturated carbocycles. The van der Waals surface area contributed by atoms with Crippen molar-refractivity contribution in [3.05, 3.63) is 71.1 Å². The molecule has 0 atom stereocenters. The minimum Gasteiger partial charge on any atom is -0.488 e. The van der Waals surface area contributed by atoms with Crippen molar-refractivity contribution in [2.75, 3.05) is 44.4 Å². The fourth-order valence-corrected chi connectivity index (χ4v) is 4.15. The van der Waals surface area contributed by atoms with Gasteiger partial charge in [0, 0.05) is 36.3 Å². The molecular weight excluding hydrogens is 533 g/mol. The van der Waals surface area contributed by atoms with Crippen molar-refractivity contribution in [1.82, 2.24) is 20.2 Å². The highest BCUT2D eigenvalue weighted by atomic mass is 19.1. The lowest BCUT2D eigenvalue weighted by Gasteiger charge is -2.25. The smallest absolute Gasteiger partial charge is 0.225 e. The molecule has 0 aliphatic carbocycles. The van der Waals surface area contributed by atoms with Gasteiger partial charge in [-0.05, 0) is 78.7 Å². The Bertz CT molecular complexity index is 1400. The highest BCUT2D eigenvalue weighted by Gasteiger charge is 2.27. The second-order valence-electron chi connectivity index (χ2n) is 10.8.